The van der Waals surface area contributed by atoms with Crippen molar-refractivity contribution >= 4 is 5.91 Å². The Labute approximate surface area is 96.5 Å². The molecule has 0 aliphatic carbocycles. The molecule has 0 bridgehead atoms. The Morgan fingerprint density at radius 1 is 1.38 bits per heavy atom. The van der Waals surface area contributed by atoms with Crippen LogP contribution < -0.4 is 5.32 Å². The summed E-state index contributed by atoms with van der Waals surface area (Å²) < 4.78 is 0. The summed E-state index contributed by atoms with van der Waals surface area (Å²) in [6, 6.07) is 8.32. The standard InChI is InChI=1S/C13H18N2O/c1-10-3-5-12(6-4-10)9-15-8-7-14-11(2)13(15)16/h3-6,11,14H,7-9H2,1-2H3. The molecule has 3 nitrogen and oxygen atoms in total. The lowest BCUT2D eigenvalue weighted by Gasteiger charge is -2.31. The molecule has 1 heterocycles. The number of amides is 1. The van der Waals surface area contributed by atoms with Crippen molar-refractivity contribution in [1.29, 1.82) is 0 Å². The number of carbonyl (C=O) groups excluding carboxylic acids is 1. The molecule has 1 aliphatic rings. The second-order valence-electron chi connectivity index (χ2n) is 4.42. The van der Waals surface area contributed by atoms with Crippen LogP contribution in [0.15, 0.2) is 24.3 Å². The Balaban J connectivity index is 2.03. The zero-order valence-electron chi connectivity index (χ0n) is 9.86. The summed E-state index contributed by atoms with van der Waals surface area (Å²) in [7, 11) is 0. The topological polar surface area (TPSA) is 32.3 Å². The second-order valence-corrected chi connectivity index (χ2v) is 4.42. The lowest BCUT2D eigenvalue weighted by Crippen LogP contribution is -2.53. The Morgan fingerprint density at radius 3 is 2.75 bits per heavy atom. The first-order valence-electron chi connectivity index (χ1n) is 5.74. The van der Waals surface area contributed by atoms with Crippen molar-refractivity contribution in [2.75, 3.05) is 13.1 Å². The third-order valence-electron chi connectivity index (χ3n) is 3.01. The number of piperazine rings is 1. The number of benzene rings is 1. The number of hydrogen-bond acceptors (Lipinski definition) is 2. The maximum absolute atomic E-state index is 11.9. The molecule has 16 heavy (non-hydrogen) atoms. The minimum absolute atomic E-state index is 0.0424. The monoisotopic (exact) mass is 218 g/mol. The molecule has 0 radical (unpaired) electrons. The van der Waals surface area contributed by atoms with E-state index in [0.29, 0.717) is 0 Å². The van der Waals surface area contributed by atoms with Gasteiger partial charge in [-0.2, -0.15) is 0 Å². The van der Waals surface area contributed by atoms with Gasteiger partial charge in [0.15, 0.2) is 0 Å². The van der Waals surface area contributed by atoms with E-state index >= 15 is 0 Å². The van der Waals surface area contributed by atoms with Gasteiger partial charge in [-0.3, -0.25) is 4.79 Å². The average Bonchev–Trinajstić information content (AvgIpc) is 2.28. The van der Waals surface area contributed by atoms with E-state index in [1.165, 1.54) is 11.1 Å². The first-order chi connectivity index (χ1) is 7.66. The van der Waals surface area contributed by atoms with Crippen LogP contribution in [0.3, 0.4) is 0 Å². The van der Waals surface area contributed by atoms with Crippen molar-refractivity contribution in [2.24, 2.45) is 0 Å². The largest absolute Gasteiger partial charge is 0.336 e. The van der Waals surface area contributed by atoms with Crippen molar-refractivity contribution in [2.45, 2.75) is 26.4 Å². The maximum Gasteiger partial charge on any atom is 0.239 e. The molecule has 1 N–H and O–H groups in total. The number of nitrogens with zero attached hydrogens (tertiary/aromatic N) is 1. The highest BCUT2D eigenvalue weighted by Crippen LogP contribution is 2.09. The molecule has 0 spiro atoms. The van der Waals surface area contributed by atoms with E-state index in [1.807, 2.05) is 11.8 Å². The van der Waals surface area contributed by atoms with Gasteiger partial charge in [-0.1, -0.05) is 29.8 Å². The number of aryl methyl sites for hydroxylation is 1. The Bertz CT molecular complexity index is 372. The quantitative estimate of drug-likeness (QED) is 0.812. The molecule has 0 saturated carbocycles. The van der Waals surface area contributed by atoms with Crippen molar-refractivity contribution in [3.05, 3.63) is 35.4 Å². The molecular weight excluding hydrogens is 200 g/mol. The predicted octanol–water partition coefficient (Wildman–Crippen LogP) is 1.32. The van der Waals surface area contributed by atoms with Gasteiger partial charge >= 0.3 is 0 Å². The average molecular weight is 218 g/mol. The molecule has 3 heteroatoms. The Hall–Kier alpha value is -1.35. The minimum atomic E-state index is -0.0424. The summed E-state index contributed by atoms with van der Waals surface area (Å²) in [4.78, 5) is 13.8. The van der Waals surface area contributed by atoms with Gasteiger partial charge in [0.1, 0.15) is 0 Å². The molecule has 1 aliphatic heterocycles. The van der Waals surface area contributed by atoms with Gasteiger partial charge in [0, 0.05) is 19.6 Å². The molecule has 1 fully saturated rings. The van der Waals surface area contributed by atoms with Gasteiger partial charge in [0.25, 0.3) is 0 Å². The van der Waals surface area contributed by atoms with E-state index in [9.17, 15) is 4.79 Å². The van der Waals surface area contributed by atoms with E-state index in [-0.39, 0.29) is 11.9 Å². The third-order valence-corrected chi connectivity index (χ3v) is 3.01. The van der Waals surface area contributed by atoms with Gasteiger partial charge in [0.05, 0.1) is 6.04 Å². The van der Waals surface area contributed by atoms with Gasteiger partial charge in [-0.15, -0.1) is 0 Å². The highest BCUT2D eigenvalue weighted by atomic mass is 16.2. The summed E-state index contributed by atoms with van der Waals surface area (Å²) in [5, 5.41) is 3.17. The van der Waals surface area contributed by atoms with Crippen LogP contribution in [0.4, 0.5) is 0 Å². The molecule has 1 aromatic carbocycles. The van der Waals surface area contributed by atoms with E-state index in [1.54, 1.807) is 0 Å². The zero-order valence-corrected chi connectivity index (χ0v) is 9.86. The zero-order chi connectivity index (χ0) is 11.5. The molecular formula is C13H18N2O. The molecule has 1 unspecified atom stereocenters. The minimum Gasteiger partial charge on any atom is -0.336 e. The normalized spacial score (nSPS) is 21.2. The van der Waals surface area contributed by atoms with Gasteiger partial charge in [-0.25, -0.2) is 0 Å². The fourth-order valence-electron chi connectivity index (χ4n) is 1.96. The Kier molecular flexibility index (Phi) is 3.25. The molecule has 1 aromatic rings. The number of nitrogens with one attached hydrogen (secondary N) is 1. The molecule has 1 saturated heterocycles. The first kappa shape index (κ1) is 11.1. The van der Waals surface area contributed by atoms with Crippen LogP contribution in [0.25, 0.3) is 0 Å². The molecule has 1 amide bonds. The summed E-state index contributed by atoms with van der Waals surface area (Å²) in [5.74, 6) is 0.201. The lowest BCUT2D eigenvalue weighted by atomic mass is 10.1. The van der Waals surface area contributed by atoms with Crippen molar-refractivity contribution < 1.29 is 4.79 Å². The van der Waals surface area contributed by atoms with Crippen molar-refractivity contribution in [3.63, 3.8) is 0 Å². The van der Waals surface area contributed by atoms with Gasteiger partial charge < -0.3 is 10.2 Å². The van der Waals surface area contributed by atoms with Gasteiger partial charge in [0.2, 0.25) is 5.91 Å². The Morgan fingerprint density at radius 2 is 2.06 bits per heavy atom. The van der Waals surface area contributed by atoms with E-state index < -0.39 is 0 Å². The SMILES string of the molecule is Cc1ccc(CN2CCNC(C)C2=O)cc1. The van der Waals surface area contributed by atoms with Crippen molar-refractivity contribution in [3.8, 4) is 0 Å². The summed E-state index contributed by atoms with van der Waals surface area (Å²) >= 11 is 0. The smallest absolute Gasteiger partial charge is 0.239 e. The summed E-state index contributed by atoms with van der Waals surface area (Å²) in [5.41, 5.74) is 2.46. The molecule has 86 valence electrons. The predicted molar refractivity (Wildman–Crippen MR) is 64.1 cm³/mol. The number of hydrogen-bond donors (Lipinski definition) is 1. The number of carbonyl (C=O) groups is 1. The van der Waals surface area contributed by atoms with Crippen LogP contribution in [0, 0.1) is 6.92 Å². The summed E-state index contributed by atoms with van der Waals surface area (Å²) in [6.07, 6.45) is 0. The van der Waals surface area contributed by atoms with Crippen LogP contribution in [-0.4, -0.2) is 29.9 Å². The van der Waals surface area contributed by atoms with Crippen LogP contribution in [-0.2, 0) is 11.3 Å². The van der Waals surface area contributed by atoms with Crippen LogP contribution in [0.5, 0.6) is 0 Å². The van der Waals surface area contributed by atoms with Gasteiger partial charge in [-0.05, 0) is 19.4 Å². The molecule has 2 rings (SSSR count). The van der Waals surface area contributed by atoms with Crippen molar-refractivity contribution in [1.82, 2.24) is 10.2 Å². The fourth-order valence-corrected chi connectivity index (χ4v) is 1.96. The van der Waals surface area contributed by atoms with E-state index in [4.69, 9.17) is 0 Å². The third kappa shape index (κ3) is 2.42. The van der Waals surface area contributed by atoms with Crippen LogP contribution in [0.1, 0.15) is 18.1 Å². The summed E-state index contributed by atoms with van der Waals surface area (Å²) in [6.45, 7) is 6.41. The molecule has 0 aromatic heterocycles. The highest BCUT2D eigenvalue weighted by Gasteiger charge is 2.24. The highest BCUT2D eigenvalue weighted by molar-refractivity contribution is 5.82. The molecule has 1 atom stereocenters. The second kappa shape index (κ2) is 4.66. The van der Waals surface area contributed by atoms with Crippen LogP contribution in [0.2, 0.25) is 0 Å². The van der Waals surface area contributed by atoms with E-state index in [0.717, 1.165) is 19.6 Å². The fraction of sp³-hybridized carbons (Fsp3) is 0.462. The van der Waals surface area contributed by atoms with E-state index in [2.05, 4.69) is 36.5 Å². The first-order valence-corrected chi connectivity index (χ1v) is 5.74. The number of rotatable bonds is 2. The lowest BCUT2D eigenvalue weighted by molar-refractivity contribution is -0.135. The van der Waals surface area contributed by atoms with Crippen LogP contribution >= 0.6 is 0 Å². The maximum atomic E-state index is 11.9.